The van der Waals surface area contributed by atoms with Gasteiger partial charge < -0.3 is 5.32 Å². The number of sulfonamides is 1. The van der Waals surface area contributed by atoms with Crippen molar-refractivity contribution in [3.8, 4) is 0 Å². The van der Waals surface area contributed by atoms with E-state index >= 15 is 0 Å². The van der Waals surface area contributed by atoms with Crippen LogP contribution in [0.25, 0.3) is 0 Å². The molecule has 0 fully saturated rings. The molecule has 0 bridgehead atoms. The zero-order chi connectivity index (χ0) is 11.2. The second-order valence-electron chi connectivity index (χ2n) is 3.20. The summed E-state index contributed by atoms with van der Waals surface area (Å²) in [6, 6.07) is 2.88. The van der Waals surface area contributed by atoms with Gasteiger partial charge in [-0.15, -0.1) is 0 Å². The average Bonchev–Trinajstić information content (AvgIpc) is 2.16. The molecule has 7 heteroatoms. The first-order valence-electron chi connectivity index (χ1n) is 4.12. The highest BCUT2D eigenvalue weighted by molar-refractivity contribution is 7.89. The van der Waals surface area contributed by atoms with Crippen molar-refractivity contribution in [2.75, 3.05) is 19.0 Å². The summed E-state index contributed by atoms with van der Waals surface area (Å²) in [7, 11) is -1.94. The molecule has 82 valence electrons. The SMILES string of the molecule is CN1CNc2cc(Cl)c(Cl)cc2S1(=O)=O. The summed E-state index contributed by atoms with van der Waals surface area (Å²) in [4.78, 5) is 0.158. The number of benzene rings is 1. The van der Waals surface area contributed by atoms with Crippen LogP contribution < -0.4 is 5.32 Å². The molecular weight excluding hydrogens is 259 g/mol. The summed E-state index contributed by atoms with van der Waals surface area (Å²) in [6.07, 6.45) is 0. The fourth-order valence-corrected chi connectivity index (χ4v) is 2.97. The maximum Gasteiger partial charge on any atom is 0.246 e. The highest BCUT2D eigenvalue weighted by atomic mass is 35.5. The van der Waals surface area contributed by atoms with Gasteiger partial charge in [-0.25, -0.2) is 8.42 Å². The van der Waals surface area contributed by atoms with Crippen molar-refractivity contribution < 1.29 is 8.42 Å². The number of nitrogens with one attached hydrogen (secondary N) is 1. The lowest BCUT2D eigenvalue weighted by Gasteiger charge is -2.26. The summed E-state index contributed by atoms with van der Waals surface area (Å²) >= 11 is 11.6. The molecule has 0 spiro atoms. The van der Waals surface area contributed by atoms with Crippen LogP contribution in [0.15, 0.2) is 17.0 Å². The number of halogens is 2. The van der Waals surface area contributed by atoms with Crippen LogP contribution in [-0.2, 0) is 10.0 Å². The number of nitrogens with zero attached hydrogens (tertiary/aromatic N) is 1. The molecule has 0 unspecified atom stereocenters. The first-order chi connectivity index (χ1) is 6.93. The Balaban J connectivity index is 2.70. The second-order valence-corrected chi connectivity index (χ2v) is 6.03. The number of rotatable bonds is 0. The number of anilines is 1. The molecule has 0 saturated carbocycles. The molecule has 0 saturated heterocycles. The summed E-state index contributed by atoms with van der Waals surface area (Å²) in [5, 5.41) is 3.51. The van der Waals surface area contributed by atoms with Crippen molar-refractivity contribution in [3.63, 3.8) is 0 Å². The van der Waals surface area contributed by atoms with Gasteiger partial charge in [-0.05, 0) is 12.1 Å². The Bertz CT molecular complexity index is 516. The maximum absolute atomic E-state index is 11.9. The molecule has 1 N–H and O–H groups in total. The molecule has 0 aromatic heterocycles. The topological polar surface area (TPSA) is 49.4 Å². The Morgan fingerprint density at radius 2 is 1.93 bits per heavy atom. The van der Waals surface area contributed by atoms with Gasteiger partial charge in [0, 0.05) is 7.05 Å². The smallest absolute Gasteiger partial charge is 0.246 e. The van der Waals surface area contributed by atoms with Gasteiger partial charge in [-0.3, -0.25) is 0 Å². The molecule has 0 amide bonds. The van der Waals surface area contributed by atoms with Gasteiger partial charge in [0.2, 0.25) is 10.0 Å². The molecule has 2 rings (SSSR count). The Kier molecular flexibility index (Phi) is 2.58. The molecule has 0 atom stereocenters. The van der Waals surface area contributed by atoms with E-state index in [-0.39, 0.29) is 16.6 Å². The molecule has 1 aliphatic rings. The van der Waals surface area contributed by atoms with E-state index in [0.29, 0.717) is 10.7 Å². The molecule has 1 aliphatic heterocycles. The number of fused-ring (bicyclic) bond motifs is 1. The fraction of sp³-hybridized carbons (Fsp3) is 0.250. The largest absolute Gasteiger partial charge is 0.370 e. The van der Waals surface area contributed by atoms with Crippen molar-refractivity contribution >= 4 is 38.9 Å². The summed E-state index contributed by atoms with van der Waals surface area (Å²) in [6.45, 7) is 0.229. The van der Waals surface area contributed by atoms with Crippen LogP contribution in [0.1, 0.15) is 0 Å². The lowest BCUT2D eigenvalue weighted by atomic mass is 10.3. The Hall–Kier alpha value is -0.490. The minimum Gasteiger partial charge on any atom is -0.370 e. The van der Waals surface area contributed by atoms with Gasteiger partial charge >= 0.3 is 0 Å². The van der Waals surface area contributed by atoms with Crippen LogP contribution >= 0.6 is 23.2 Å². The molecular formula is C8H8Cl2N2O2S. The standard InChI is InChI=1S/C8H8Cl2N2O2S/c1-12-4-11-7-2-5(9)6(10)3-8(7)15(12,13)14/h2-3,11H,4H2,1H3. The molecule has 1 aromatic carbocycles. The van der Waals surface area contributed by atoms with Crippen LogP contribution in [0.2, 0.25) is 10.0 Å². The molecule has 1 aromatic rings. The van der Waals surface area contributed by atoms with E-state index in [0.717, 1.165) is 0 Å². The van der Waals surface area contributed by atoms with Crippen LogP contribution in [0.4, 0.5) is 5.69 Å². The van der Waals surface area contributed by atoms with Gasteiger partial charge in [-0.2, -0.15) is 4.31 Å². The minimum absolute atomic E-state index is 0.158. The van der Waals surface area contributed by atoms with E-state index in [2.05, 4.69) is 5.32 Å². The second kappa shape index (κ2) is 3.52. The van der Waals surface area contributed by atoms with E-state index in [1.807, 2.05) is 0 Å². The van der Waals surface area contributed by atoms with E-state index < -0.39 is 10.0 Å². The van der Waals surface area contributed by atoms with Crippen LogP contribution in [0, 0.1) is 0 Å². The third kappa shape index (κ3) is 1.69. The van der Waals surface area contributed by atoms with Crippen LogP contribution in [0.5, 0.6) is 0 Å². The maximum atomic E-state index is 11.9. The van der Waals surface area contributed by atoms with E-state index in [1.54, 1.807) is 0 Å². The van der Waals surface area contributed by atoms with E-state index in [9.17, 15) is 8.42 Å². The molecule has 0 aliphatic carbocycles. The van der Waals surface area contributed by atoms with Crippen molar-refractivity contribution in [2.24, 2.45) is 0 Å². The molecule has 4 nitrogen and oxygen atoms in total. The van der Waals surface area contributed by atoms with Crippen molar-refractivity contribution in [1.82, 2.24) is 4.31 Å². The number of hydrogen-bond acceptors (Lipinski definition) is 3. The lowest BCUT2D eigenvalue weighted by Crippen LogP contribution is -2.36. The number of hydrogen-bond donors (Lipinski definition) is 1. The zero-order valence-corrected chi connectivity index (χ0v) is 10.1. The van der Waals surface area contributed by atoms with Crippen molar-refractivity contribution in [3.05, 3.63) is 22.2 Å². The molecule has 15 heavy (non-hydrogen) atoms. The van der Waals surface area contributed by atoms with Crippen LogP contribution in [0.3, 0.4) is 0 Å². The van der Waals surface area contributed by atoms with E-state index in [1.165, 1.54) is 23.5 Å². The van der Waals surface area contributed by atoms with Crippen molar-refractivity contribution in [2.45, 2.75) is 4.90 Å². The van der Waals surface area contributed by atoms with Gasteiger partial charge in [0.15, 0.2) is 0 Å². The minimum atomic E-state index is -3.43. The fourth-order valence-electron chi connectivity index (χ4n) is 1.33. The van der Waals surface area contributed by atoms with Crippen molar-refractivity contribution in [1.29, 1.82) is 0 Å². The summed E-state index contributed by atoms with van der Waals surface area (Å²) in [5.41, 5.74) is 0.488. The third-order valence-corrected chi connectivity index (χ3v) is 4.77. The highest BCUT2D eigenvalue weighted by Gasteiger charge is 2.29. The molecule has 1 heterocycles. The predicted octanol–water partition coefficient (Wildman–Crippen LogP) is 2.00. The Morgan fingerprint density at radius 1 is 1.33 bits per heavy atom. The monoisotopic (exact) mass is 266 g/mol. The summed E-state index contributed by atoms with van der Waals surface area (Å²) in [5.74, 6) is 0. The highest BCUT2D eigenvalue weighted by Crippen LogP contribution is 2.35. The predicted molar refractivity (Wildman–Crippen MR) is 59.9 cm³/mol. The van der Waals surface area contributed by atoms with E-state index in [4.69, 9.17) is 23.2 Å². The molecule has 0 radical (unpaired) electrons. The van der Waals surface area contributed by atoms with Gasteiger partial charge in [0.25, 0.3) is 0 Å². The summed E-state index contributed by atoms with van der Waals surface area (Å²) < 4.78 is 24.9. The first-order valence-corrected chi connectivity index (χ1v) is 6.32. The average molecular weight is 267 g/mol. The van der Waals surface area contributed by atoms with Gasteiger partial charge in [-0.1, -0.05) is 23.2 Å². The quantitative estimate of drug-likeness (QED) is 0.782. The first kappa shape index (κ1) is 11.0. The van der Waals surface area contributed by atoms with Crippen LogP contribution in [-0.4, -0.2) is 26.4 Å². The van der Waals surface area contributed by atoms with Gasteiger partial charge in [0.05, 0.1) is 22.4 Å². The zero-order valence-electron chi connectivity index (χ0n) is 7.79. The van der Waals surface area contributed by atoms with Gasteiger partial charge in [0.1, 0.15) is 4.90 Å². The Morgan fingerprint density at radius 3 is 2.60 bits per heavy atom. The lowest BCUT2D eigenvalue weighted by molar-refractivity contribution is 0.482. The Labute approximate surface area is 97.8 Å². The normalized spacial score (nSPS) is 19.4. The third-order valence-electron chi connectivity index (χ3n) is 2.20.